The van der Waals surface area contributed by atoms with Crippen LogP contribution in [0, 0.1) is 13.8 Å². The monoisotopic (exact) mass is 375 g/mol. The molecule has 2 aromatic heterocycles. The van der Waals surface area contributed by atoms with E-state index in [0.29, 0.717) is 17.7 Å². The molecule has 2 aliphatic heterocycles. The molecule has 2 aliphatic rings. The maximum atomic E-state index is 13.0. The van der Waals surface area contributed by atoms with Crippen LogP contribution in [0.3, 0.4) is 0 Å². The Morgan fingerprint density at radius 2 is 2.23 bits per heavy atom. The van der Waals surface area contributed by atoms with Crippen LogP contribution in [0.4, 0.5) is 0 Å². The van der Waals surface area contributed by atoms with Crippen LogP contribution in [0.1, 0.15) is 23.4 Å². The van der Waals surface area contributed by atoms with Gasteiger partial charge in [0.15, 0.2) is 21.8 Å². The van der Waals surface area contributed by atoms with Crippen LogP contribution < -0.4 is 5.32 Å². The average Bonchev–Trinajstić information content (AvgIpc) is 3.27. The van der Waals surface area contributed by atoms with Crippen molar-refractivity contribution < 1.29 is 18.1 Å². The highest BCUT2D eigenvalue weighted by Crippen LogP contribution is 2.35. The Kier molecular flexibility index (Phi) is 3.79. The average molecular weight is 375 g/mol. The molecule has 10 heteroatoms. The van der Waals surface area contributed by atoms with Crippen molar-refractivity contribution in [3.63, 3.8) is 0 Å². The number of nitrogens with one attached hydrogen (secondary N) is 1. The minimum atomic E-state index is -3.78. The third kappa shape index (κ3) is 2.57. The van der Waals surface area contributed by atoms with Crippen molar-refractivity contribution in [1.82, 2.24) is 19.8 Å². The summed E-state index contributed by atoms with van der Waals surface area (Å²) in [6.07, 6.45) is 3.57. The van der Waals surface area contributed by atoms with E-state index >= 15 is 0 Å². The quantitative estimate of drug-likeness (QED) is 0.784. The fraction of sp³-hybridized carbons (Fsp3) is 0.375. The third-order valence-corrected chi connectivity index (χ3v) is 6.69. The number of hydrogen-bond donors (Lipinski definition) is 1. The number of sulfonamides is 1. The van der Waals surface area contributed by atoms with Crippen molar-refractivity contribution in [3.8, 4) is 0 Å². The molecule has 2 atom stereocenters. The highest BCUT2D eigenvalue weighted by Gasteiger charge is 2.51. The second-order valence-corrected chi connectivity index (χ2v) is 8.30. The predicted molar refractivity (Wildman–Crippen MR) is 90.9 cm³/mol. The van der Waals surface area contributed by atoms with Gasteiger partial charge in [-0.1, -0.05) is 9.37 Å². The van der Waals surface area contributed by atoms with Gasteiger partial charge in [0.2, 0.25) is 4.90 Å². The zero-order valence-electron chi connectivity index (χ0n) is 14.3. The molecular weight excluding hydrogens is 358 g/mol. The highest BCUT2D eigenvalue weighted by atomic mass is 32.3. The Morgan fingerprint density at radius 1 is 1.42 bits per heavy atom. The van der Waals surface area contributed by atoms with E-state index in [9.17, 15) is 13.6 Å². The number of carbonyl (C=O) groups is 1. The number of aliphatic imine (C=N–C) groups is 1. The molecule has 0 saturated carbocycles. The number of pyridine rings is 1. The number of aryl methyl sites for hydroxylation is 2. The number of carbonyl (C=O) groups excluding carboxylic acids is 1. The maximum Gasteiger partial charge on any atom is 0.272 e. The molecule has 0 bridgehead atoms. The molecule has 0 aliphatic carbocycles. The topological polar surface area (TPSA) is 124 Å². The van der Waals surface area contributed by atoms with Gasteiger partial charge >= 0.3 is 0 Å². The number of amides is 1. The summed E-state index contributed by atoms with van der Waals surface area (Å²) < 4.78 is 32.2. The van der Waals surface area contributed by atoms with E-state index in [1.54, 1.807) is 38.4 Å². The van der Waals surface area contributed by atoms with E-state index in [1.807, 2.05) is 0 Å². The van der Waals surface area contributed by atoms with Gasteiger partial charge in [-0.2, -0.15) is 0 Å². The van der Waals surface area contributed by atoms with Crippen LogP contribution in [0.5, 0.6) is 0 Å². The van der Waals surface area contributed by atoms with Crippen LogP contribution in [-0.4, -0.2) is 49.4 Å². The van der Waals surface area contributed by atoms with Crippen molar-refractivity contribution >= 4 is 22.0 Å². The van der Waals surface area contributed by atoms with Crippen LogP contribution >= 0.6 is 0 Å². The summed E-state index contributed by atoms with van der Waals surface area (Å²) >= 11 is 0. The van der Waals surface area contributed by atoms with Gasteiger partial charge in [-0.25, -0.2) is 4.99 Å². The Hall–Kier alpha value is -2.43. The van der Waals surface area contributed by atoms with E-state index in [1.165, 1.54) is 4.31 Å². The summed E-state index contributed by atoms with van der Waals surface area (Å²) in [4.78, 5) is 21.0. The summed E-state index contributed by atoms with van der Waals surface area (Å²) in [5.74, 6) is -0.0759. The first-order chi connectivity index (χ1) is 12.3. The number of nitrogens with zero attached hydrogens (tertiary/aromatic N) is 4. The van der Waals surface area contributed by atoms with E-state index in [4.69, 9.17) is 4.52 Å². The predicted octanol–water partition coefficient (Wildman–Crippen LogP) is 0.611. The van der Waals surface area contributed by atoms with Gasteiger partial charge in [-0.15, -0.1) is 4.31 Å². The summed E-state index contributed by atoms with van der Waals surface area (Å²) in [7, 11) is -3.78. The minimum Gasteiger partial charge on any atom is -0.593 e. The minimum absolute atomic E-state index is 0.0644. The normalized spacial score (nSPS) is 25.3. The highest BCUT2D eigenvalue weighted by molar-refractivity contribution is 7.95. The first-order valence-corrected chi connectivity index (χ1v) is 9.52. The van der Waals surface area contributed by atoms with Crippen molar-refractivity contribution in [2.75, 3.05) is 13.1 Å². The lowest BCUT2D eigenvalue weighted by atomic mass is 10.1. The zero-order chi connectivity index (χ0) is 18.5. The Bertz CT molecular complexity index is 937. The molecule has 2 aromatic rings. The van der Waals surface area contributed by atoms with Gasteiger partial charge in [-0.3, -0.25) is 9.78 Å². The summed E-state index contributed by atoms with van der Waals surface area (Å²) in [6.45, 7) is 3.46. The lowest BCUT2D eigenvalue weighted by molar-refractivity contribution is -0.115. The van der Waals surface area contributed by atoms with Crippen molar-refractivity contribution in [2.24, 2.45) is 4.99 Å². The number of aromatic nitrogens is 2. The van der Waals surface area contributed by atoms with E-state index in [-0.39, 0.29) is 35.4 Å². The van der Waals surface area contributed by atoms with Gasteiger partial charge in [0.05, 0.1) is 6.54 Å². The number of rotatable bonds is 3. The molecule has 4 rings (SSSR count). The van der Waals surface area contributed by atoms with Crippen molar-refractivity contribution in [3.05, 3.63) is 41.5 Å². The molecule has 1 fully saturated rings. The summed E-state index contributed by atoms with van der Waals surface area (Å²) in [6, 6.07) is 3.47. The molecule has 26 heavy (non-hydrogen) atoms. The maximum absolute atomic E-state index is 13.0. The lowest BCUT2D eigenvalue weighted by Gasteiger charge is -2.24. The SMILES string of the molecule is Cc1noc(C)c1[S+](=O)([O-])N1CCC2(C1)N=C(c1cccnc1)C(=O)N2. The molecule has 2 unspecified atom stereocenters. The molecule has 1 spiro atoms. The van der Waals surface area contributed by atoms with Crippen LogP contribution in [0.2, 0.25) is 0 Å². The fourth-order valence-electron chi connectivity index (χ4n) is 3.39. The summed E-state index contributed by atoms with van der Waals surface area (Å²) in [5.41, 5.74) is 0.246. The van der Waals surface area contributed by atoms with Gasteiger partial charge in [0.25, 0.3) is 5.91 Å². The molecule has 1 N–H and O–H groups in total. The second kappa shape index (κ2) is 5.79. The summed E-state index contributed by atoms with van der Waals surface area (Å²) in [5, 5.41) is 6.56. The van der Waals surface area contributed by atoms with Crippen LogP contribution in [0.25, 0.3) is 0 Å². The lowest BCUT2D eigenvalue weighted by Crippen LogP contribution is -2.46. The molecule has 1 saturated heterocycles. The van der Waals surface area contributed by atoms with Gasteiger partial charge < -0.3 is 14.4 Å². The zero-order valence-corrected chi connectivity index (χ0v) is 15.1. The van der Waals surface area contributed by atoms with E-state index < -0.39 is 16.1 Å². The molecule has 0 aromatic carbocycles. The molecule has 0 radical (unpaired) electrons. The molecule has 4 heterocycles. The molecule has 1 amide bonds. The smallest absolute Gasteiger partial charge is 0.272 e. The van der Waals surface area contributed by atoms with E-state index in [2.05, 4.69) is 20.4 Å². The van der Waals surface area contributed by atoms with Crippen LogP contribution in [-0.2, 0) is 19.4 Å². The molecule has 136 valence electrons. The standard InChI is InChI=1S/C16H17N5O4S/c1-10-14(11(2)25-20-10)26(23,24)21-7-5-16(9-21)18-13(15(22)19-16)12-4-3-6-17-8-12/h3-4,6,8H,5,7,9H2,1-2H3,(H-,19,22,23,24). The molecular formula is C16H17N5O4S. The first kappa shape index (κ1) is 17.0. The largest absolute Gasteiger partial charge is 0.593 e. The Morgan fingerprint density at radius 3 is 2.88 bits per heavy atom. The number of hydrogen-bond acceptors (Lipinski definition) is 7. The first-order valence-electron chi connectivity index (χ1n) is 8.08. The van der Waals surface area contributed by atoms with Gasteiger partial charge in [0.1, 0.15) is 11.4 Å². The second-order valence-electron chi connectivity index (χ2n) is 6.43. The fourth-order valence-corrected chi connectivity index (χ4v) is 5.18. The van der Waals surface area contributed by atoms with Crippen LogP contribution in [0.15, 0.2) is 38.9 Å². The van der Waals surface area contributed by atoms with Crippen molar-refractivity contribution in [1.29, 1.82) is 0 Å². The van der Waals surface area contributed by atoms with Gasteiger partial charge in [-0.05, 0) is 19.1 Å². The van der Waals surface area contributed by atoms with Crippen molar-refractivity contribution in [2.45, 2.75) is 30.8 Å². The Balaban J connectivity index is 1.64. The van der Waals surface area contributed by atoms with E-state index in [0.717, 1.165) is 0 Å². The Labute approximate surface area is 150 Å². The molecule has 9 nitrogen and oxygen atoms in total. The third-order valence-electron chi connectivity index (χ3n) is 4.60. The van der Waals surface area contributed by atoms with Gasteiger partial charge in [0, 0.05) is 37.8 Å².